The van der Waals surface area contributed by atoms with Gasteiger partial charge in [-0.1, -0.05) is 75.7 Å². The number of aromatic nitrogens is 3. The van der Waals surface area contributed by atoms with Crippen molar-refractivity contribution in [1.82, 2.24) is 34.6 Å². The molecule has 0 spiro atoms. The molecule has 0 unspecified atom stereocenters. The molecule has 2 aliphatic rings. The van der Waals surface area contributed by atoms with Crippen LogP contribution in [0.4, 0.5) is 14.5 Å². The molecule has 2 saturated heterocycles. The second kappa shape index (κ2) is 15.6. The second-order valence-electron chi connectivity index (χ2n) is 12.1. The van der Waals surface area contributed by atoms with Gasteiger partial charge in [-0.15, -0.1) is 5.10 Å². The Labute approximate surface area is 338 Å². The maximum absolute atomic E-state index is 14.1. The summed E-state index contributed by atoms with van der Waals surface area (Å²) in [5.74, 6) is -0.615. The van der Waals surface area contributed by atoms with Gasteiger partial charge in [0.15, 0.2) is 10.9 Å². The van der Waals surface area contributed by atoms with Gasteiger partial charge >= 0.3 is 0 Å². The minimum atomic E-state index is -0.546. The molecule has 270 valence electrons. The molecule has 4 aromatic carbocycles. The number of anilines is 1. The first kappa shape index (κ1) is 37.7. The van der Waals surface area contributed by atoms with E-state index in [-0.39, 0.29) is 10.0 Å². The van der Waals surface area contributed by atoms with E-state index in [2.05, 4.69) is 15.2 Å². The van der Waals surface area contributed by atoms with Crippen molar-refractivity contribution < 1.29 is 8.78 Å². The molecule has 18 heteroatoms. The number of thiocarbonyl (C=S) groups is 1. The van der Waals surface area contributed by atoms with Crippen molar-refractivity contribution in [3.63, 3.8) is 0 Å². The molecule has 0 aliphatic carbocycles. The molecular formula is C34H26Cl6F2N8S2. The van der Waals surface area contributed by atoms with E-state index in [1.54, 1.807) is 51.7 Å². The Kier molecular flexibility index (Phi) is 11.3. The largest absolute Gasteiger partial charge is 0.296 e. The molecule has 1 aromatic heterocycles. The number of nitrogens with zero attached hydrogens (tertiary/aromatic N) is 7. The van der Waals surface area contributed by atoms with E-state index < -0.39 is 17.8 Å². The number of piperazine rings is 1. The molecular weight excluding hydrogens is 835 g/mol. The molecule has 1 atom stereocenters. The Hall–Kier alpha value is -2.59. The van der Waals surface area contributed by atoms with E-state index in [1.807, 2.05) is 16.0 Å². The molecule has 52 heavy (non-hydrogen) atoms. The summed E-state index contributed by atoms with van der Waals surface area (Å²) < 4.78 is 32.1. The molecule has 8 nitrogen and oxygen atoms in total. The first-order valence-corrected chi connectivity index (χ1v) is 18.8. The SMILES string of the molecule is Fc1ccc(N2C(=S)N(CN3CCN(Cn4nc(-c5ccc(Cl)cc5Cl)n(-c5ccc(F)c(Cl)c5)c4=S)CC3)N[C@H]2c2ccc(Cl)cc2Cl)cc1Cl. The first-order valence-electron chi connectivity index (χ1n) is 15.7. The molecule has 0 radical (unpaired) electrons. The molecule has 7 rings (SSSR count). The Morgan fingerprint density at radius 2 is 1.25 bits per heavy atom. The Balaban J connectivity index is 1.09. The smallest absolute Gasteiger partial charge is 0.204 e. The normalized spacial score (nSPS) is 17.1. The van der Waals surface area contributed by atoms with Crippen LogP contribution in [-0.4, -0.2) is 67.1 Å². The molecule has 5 aromatic rings. The van der Waals surface area contributed by atoms with Crippen molar-refractivity contribution in [1.29, 1.82) is 0 Å². The van der Waals surface area contributed by atoms with Gasteiger partial charge in [0.1, 0.15) is 17.8 Å². The van der Waals surface area contributed by atoms with E-state index in [1.165, 1.54) is 24.3 Å². The number of rotatable bonds is 8. The third-order valence-electron chi connectivity index (χ3n) is 8.72. The molecule has 0 bridgehead atoms. The fourth-order valence-electron chi connectivity index (χ4n) is 6.09. The summed E-state index contributed by atoms with van der Waals surface area (Å²) >= 11 is 49.8. The van der Waals surface area contributed by atoms with Crippen LogP contribution in [-0.2, 0) is 6.67 Å². The van der Waals surface area contributed by atoms with Crippen LogP contribution >= 0.6 is 94.0 Å². The molecule has 1 N–H and O–H groups in total. The van der Waals surface area contributed by atoms with E-state index in [4.69, 9.17) is 99.1 Å². The monoisotopic (exact) mass is 858 g/mol. The first-order chi connectivity index (χ1) is 24.9. The lowest BCUT2D eigenvalue weighted by molar-refractivity contribution is 0.0680. The van der Waals surface area contributed by atoms with Gasteiger partial charge in [0.05, 0.1) is 34.1 Å². The van der Waals surface area contributed by atoms with Crippen molar-refractivity contribution in [3.8, 4) is 17.1 Å². The van der Waals surface area contributed by atoms with Crippen LogP contribution < -0.4 is 10.3 Å². The highest BCUT2D eigenvalue weighted by atomic mass is 35.5. The number of hydrogen-bond donors (Lipinski definition) is 1. The molecule has 0 amide bonds. The third-order valence-corrected chi connectivity index (χ3v) is 11.2. The highest BCUT2D eigenvalue weighted by Crippen LogP contribution is 2.37. The summed E-state index contributed by atoms with van der Waals surface area (Å²) in [6.07, 6.45) is -0.503. The number of hydrazine groups is 1. The van der Waals surface area contributed by atoms with E-state index in [9.17, 15) is 8.78 Å². The number of nitrogens with one attached hydrogen (secondary N) is 1. The number of halogens is 8. The predicted molar refractivity (Wildman–Crippen MR) is 211 cm³/mol. The maximum atomic E-state index is 14.1. The summed E-state index contributed by atoms with van der Waals surface area (Å²) in [4.78, 5) is 6.34. The van der Waals surface area contributed by atoms with Gasteiger partial charge in [0.2, 0.25) is 4.77 Å². The zero-order chi connectivity index (χ0) is 36.8. The lowest BCUT2D eigenvalue weighted by atomic mass is 10.1. The van der Waals surface area contributed by atoms with Gasteiger partial charge in [-0.05, 0) is 91.2 Å². The fraction of sp³-hybridized carbons (Fsp3) is 0.206. The molecule has 3 heterocycles. The van der Waals surface area contributed by atoms with Crippen LogP contribution in [0, 0.1) is 16.4 Å². The number of hydrogen-bond acceptors (Lipinski definition) is 6. The van der Waals surface area contributed by atoms with Crippen LogP contribution in [0.3, 0.4) is 0 Å². The van der Waals surface area contributed by atoms with Crippen LogP contribution in [0.25, 0.3) is 17.1 Å². The number of benzene rings is 4. The Bertz CT molecular complexity index is 2250. The lowest BCUT2D eigenvalue weighted by Gasteiger charge is -2.36. The van der Waals surface area contributed by atoms with Crippen molar-refractivity contribution in [2.24, 2.45) is 0 Å². The topological polar surface area (TPSA) is 47.7 Å². The fourth-order valence-corrected chi connectivity index (χ4v) is 8.06. The summed E-state index contributed by atoms with van der Waals surface area (Å²) in [6.45, 7) is 3.64. The van der Waals surface area contributed by atoms with Crippen LogP contribution in [0.1, 0.15) is 11.7 Å². The van der Waals surface area contributed by atoms with E-state index >= 15 is 0 Å². The third kappa shape index (κ3) is 7.67. The van der Waals surface area contributed by atoms with Crippen molar-refractivity contribution >= 4 is 105 Å². The molecule has 2 aliphatic heterocycles. The summed E-state index contributed by atoms with van der Waals surface area (Å²) in [5, 5.41) is 8.94. The second-order valence-corrected chi connectivity index (χ2v) is 15.3. The highest BCUT2D eigenvalue weighted by molar-refractivity contribution is 7.80. The van der Waals surface area contributed by atoms with Crippen molar-refractivity contribution in [2.45, 2.75) is 12.8 Å². The standard InChI is InChI=1S/C34H26Cl6F2N8S2/c35-19-1-5-23(25(37)13-19)31-43-47(33(51)49(31)21-3-7-29(41)27(39)15-21)17-45-9-11-46(12-10-45)18-48-34(52)50(22-4-8-30(42)28(40)16-22)32(44-48)24-6-2-20(36)14-26(24)38/h1-8,13-16,31,43H,9-12,17-18H2/t31-/m1/s1. The van der Waals surface area contributed by atoms with Crippen molar-refractivity contribution in [2.75, 3.05) is 37.7 Å². The molecule has 0 saturated carbocycles. The predicted octanol–water partition coefficient (Wildman–Crippen LogP) is 10.1. The molecule has 2 fully saturated rings. The van der Waals surface area contributed by atoms with Crippen LogP contribution in [0.15, 0.2) is 72.8 Å². The van der Waals surface area contributed by atoms with Gasteiger partial charge in [0, 0.05) is 58.1 Å². The zero-order valence-electron chi connectivity index (χ0n) is 26.7. The lowest BCUT2D eigenvalue weighted by Crippen LogP contribution is -2.52. The Morgan fingerprint density at radius 3 is 1.87 bits per heavy atom. The van der Waals surface area contributed by atoms with Crippen molar-refractivity contribution in [3.05, 3.63) is 125 Å². The van der Waals surface area contributed by atoms with Gasteiger partial charge in [-0.3, -0.25) is 24.3 Å². The minimum Gasteiger partial charge on any atom is -0.296 e. The average Bonchev–Trinajstić information content (AvgIpc) is 3.59. The summed E-state index contributed by atoms with van der Waals surface area (Å²) in [5.41, 5.74) is 5.96. The summed E-state index contributed by atoms with van der Waals surface area (Å²) in [7, 11) is 0. The van der Waals surface area contributed by atoms with E-state index in [0.717, 1.165) is 5.56 Å². The summed E-state index contributed by atoms with van der Waals surface area (Å²) in [6, 6.07) is 19.2. The van der Waals surface area contributed by atoms with Gasteiger partial charge in [-0.25, -0.2) is 18.9 Å². The van der Waals surface area contributed by atoms with Gasteiger partial charge in [-0.2, -0.15) is 0 Å². The highest BCUT2D eigenvalue weighted by Gasteiger charge is 2.38. The van der Waals surface area contributed by atoms with E-state index in [0.29, 0.717) is 92.3 Å². The minimum absolute atomic E-state index is 0.0226. The van der Waals surface area contributed by atoms with Gasteiger partial charge < -0.3 is 0 Å². The van der Waals surface area contributed by atoms with Crippen LogP contribution in [0.2, 0.25) is 30.1 Å². The quantitative estimate of drug-likeness (QED) is 0.155. The Morgan fingerprint density at radius 1 is 0.673 bits per heavy atom. The average molecular weight is 861 g/mol. The zero-order valence-corrected chi connectivity index (χ0v) is 32.9. The van der Waals surface area contributed by atoms with Gasteiger partial charge in [0.25, 0.3) is 0 Å². The maximum Gasteiger partial charge on any atom is 0.204 e. The van der Waals surface area contributed by atoms with Crippen LogP contribution in [0.5, 0.6) is 0 Å².